The highest BCUT2D eigenvalue weighted by Gasteiger charge is 2.13. The lowest BCUT2D eigenvalue weighted by Crippen LogP contribution is -2.27. The maximum absolute atomic E-state index is 10.8. The first-order chi connectivity index (χ1) is 7.02. The molecule has 0 bridgehead atoms. The Morgan fingerprint density at radius 3 is 2.53 bits per heavy atom. The van der Waals surface area contributed by atoms with Crippen LogP contribution in [0.4, 0.5) is 5.69 Å². The number of hydrogen-bond acceptors (Lipinski definition) is 4. The van der Waals surface area contributed by atoms with Crippen molar-refractivity contribution in [1.82, 2.24) is 0 Å². The standard InChI is InChI=1S/C9H10NO4P/c1-6(9(11)12)10-7-4-2-3-5-8(7)15(13)14/h2-6,10H,1H3,(H,11,12). The summed E-state index contributed by atoms with van der Waals surface area (Å²) in [5, 5.41) is 11.4. The van der Waals surface area contributed by atoms with Gasteiger partial charge in [-0.1, -0.05) is 12.1 Å². The zero-order valence-electron chi connectivity index (χ0n) is 8.01. The average molecular weight is 227 g/mol. The van der Waals surface area contributed by atoms with E-state index in [4.69, 9.17) is 5.11 Å². The molecule has 0 amide bonds. The van der Waals surface area contributed by atoms with Gasteiger partial charge in [-0.05, 0) is 19.1 Å². The summed E-state index contributed by atoms with van der Waals surface area (Å²) in [7, 11) is -2.72. The molecule has 1 atom stereocenters. The number of para-hydroxylation sites is 1. The van der Waals surface area contributed by atoms with E-state index in [1.807, 2.05) is 0 Å². The fraction of sp³-hybridized carbons (Fsp3) is 0.222. The minimum atomic E-state index is -2.72. The van der Waals surface area contributed by atoms with Crippen molar-refractivity contribution in [2.75, 3.05) is 5.32 Å². The molecule has 0 heterocycles. The van der Waals surface area contributed by atoms with Crippen LogP contribution in [-0.2, 0) is 13.9 Å². The largest absolute Gasteiger partial charge is 0.480 e. The molecule has 2 N–H and O–H groups in total. The predicted octanol–water partition coefficient (Wildman–Crippen LogP) is 1.37. The maximum Gasteiger partial charge on any atom is 0.350 e. The van der Waals surface area contributed by atoms with E-state index in [0.717, 1.165) is 0 Å². The highest BCUT2D eigenvalue weighted by Crippen LogP contribution is 2.14. The van der Waals surface area contributed by atoms with E-state index in [9.17, 15) is 13.9 Å². The van der Waals surface area contributed by atoms with Gasteiger partial charge in [-0.15, -0.1) is 0 Å². The van der Waals surface area contributed by atoms with Gasteiger partial charge in [0.05, 0.1) is 11.0 Å². The van der Waals surface area contributed by atoms with Crippen LogP contribution in [0.1, 0.15) is 6.92 Å². The molecule has 5 nitrogen and oxygen atoms in total. The molecular weight excluding hydrogens is 217 g/mol. The topological polar surface area (TPSA) is 83.5 Å². The summed E-state index contributed by atoms with van der Waals surface area (Å²) in [4.78, 5) is 10.6. The smallest absolute Gasteiger partial charge is 0.350 e. The van der Waals surface area contributed by atoms with Crippen LogP contribution in [-0.4, -0.2) is 17.1 Å². The number of carboxylic acid groups (broad SMARTS) is 1. The molecule has 15 heavy (non-hydrogen) atoms. The highest BCUT2D eigenvalue weighted by molar-refractivity contribution is 7.41. The molecule has 0 aliphatic carbocycles. The molecule has 0 fully saturated rings. The van der Waals surface area contributed by atoms with Crippen molar-refractivity contribution in [2.24, 2.45) is 0 Å². The van der Waals surface area contributed by atoms with Crippen LogP contribution in [0.2, 0.25) is 0 Å². The first-order valence-corrected chi connectivity index (χ1v) is 5.43. The Hall–Kier alpha value is -1.61. The number of aliphatic carboxylic acids is 1. The van der Waals surface area contributed by atoms with Gasteiger partial charge in [-0.2, -0.15) is 0 Å². The Kier molecular flexibility index (Phi) is 3.63. The summed E-state index contributed by atoms with van der Waals surface area (Å²) in [6, 6.07) is 5.33. The molecule has 0 saturated heterocycles. The summed E-state index contributed by atoms with van der Waals surface area (Å²) in [6.45, 7) is 1.44. The zero-order chi connectivity index (χ0) is 11.4. The van der Waals surface area contributed by atoms with E-state index < -0.39 is 19.7 Å². The Bertz CT molecular complexity index is 433. The van der Waals surface area contributed by atoms with Gasteiger partial charge in [0.1, 0.15) is 6.04 Å². The molecule has 1 aromatic rings. The fourth-order valence-electron chi connectivity index (χ4n) is 1.05. The number of hydrogen-bond donors (Lipinski definition) is 2. The summed E-state index contributed by atoms with van der Waals surface area (Å²) in [5.41, 5.74) is 0.309. The number of anilines is 1. The molecule has 6 heteroatoms. The monoisotopic (exact) mass is 227 g/mol. The molecule has 0 aliphatic rings. The van der Waals surface area contributed by atoms with Gasteiger partial charge in [0, 0.05) is 0 Å². The Morgan fingerprint density at radius 1 is 1.40 bits per heavy atom. The molecule has 0 aliphatic heterocycles. The van der Waals surface area contributed by atoms with Crippen LogP contribution in [0.5, 0.6) is 0 Å². The van der Waals surface area contributed by atoms with Gasteiger partial charge in [-0.25, -0.2) is 9.13 Å². The van der Waals surface area contributed by atoms with E-state index in [0.29, 0.717) is 5.69 Å². The minimum Gasteiger partial charge on any atom is -0.480 e. The average Bonchev–Trinajstić information content (AvgIpc) is 2.18. The van der Waals surface area contributed by atoms with Crippen molar-refractivity contribution in [1.29, 1.82) is 0 Å². The van der Waals surface area contributed by atoms with Crippen molar-refractivity contribution in [3.8, 4) is 0 Å². The Morgan fingerprint density at radius 2 is 2.00 bits per heavy atom. The summed E-state index contributed by atoms with van der Waals surface area (Å²) in [6.07, 6.45) is 0. The van der Waals surface area contributed by atoms with Crippen LogP contribution in [0.3, 0.4) is 0 Å². The molecule has 1 unspecified atom stereocenters. The predicted molar refractivity (Wildman–Crippen MR) is 55.1 cm³/mol. The van der Waals surface area contributed by atoms with Crippen LogP contribution in [0.15, 0.2) is 24.3 Å². The van der Waals surface area contributed by atoms with Gasteiger partial charge < -0.3 is 10.4 Å². The third kappa shape index (κ3) is 2.92. The third-order valence-electron chi connectivity index (χ3n) is 1.84. The van der Waals surface area contributed by atoms with Gasteiger partial charge in [0.2, 0.25) is 0 Å². The summed E-state index contributed by atoms with van der Waals surface area (Å²) in [5.74, 6) is -1.04. The van der Waals surface area contributed by atoms with E-state index >= 15 is 0 Å². The molecule has 1 rings (SSSR count). The molecule has 0 radical (unpaired) electrons. The molecular formula is C9H10NO4P. The third-order valence-corrected chi connectivity index (χ3v) is 2.63. The van der Waals surface area contributed by atoms with Crippen LogP contribution < -0.4 is 10.6 Å². The van der Waals surface area contributed by atoms with Gasteiger partial charge >= 0.3 is 13.6 Å². The van der Waals surface area contributed by atoms with Crippen molar-refractivity contribution >= 4 is 24.6 Å². The van der Waals surface area contributed by atoms with E-state index in [1.54, 1.807) is 12.1 Å². The first kappa shape index (κ1) is 11.5. The molecule has 80 valence electrons. The van der Waals surface area contributed by atoms with Crippen molar-refractivity contribution in [2.45, 2.75) is 13.0 Å². The van der Waals surface area contributed by atoms with Gasteiger partial charge in [0.15, 0.2) is 0 Å². The number of carboxylic acids is 1. The van der Waals surface area contributed by atoms with Crippen LogP contribution >= 0.6 is 7.68 Å². The lowest BCUT2D eigenvalue weighted by atomic mass is 10.2. The fourth-order valence-corrected chi connectivity index (χ4v) is 1.59. The van der Waals surface area contributed by atoms with Crippen molar-refractivity contribution < 1.29 is 19.0 Å². The zero-order valence-corrected chi connectivity index (χ0v) is 8.90. The Balaban J connectivity index is 2.99. The second-order valence-electron chi connectivity index (χ2n) is 2.98. The molecule has 0 aromatic heterocycles. The summed E-state index contributed by atoms with van der Waals surface area (Å²) >= 11 is 0. The lowest BCUT2D eigenvalue weighted by Gasteiger charge is -2.11. The van der Waals surface area contributed by atoms with E-state index in [1.165, 1.54) is 19.1 Å². The molecule has 0 spiro atoms. The van der Waals surface area contributed by atoms with Gasteiger partial charge in [-0.3, -0.25) is 4.79 Å². The quantitative estimate of drug-likeness (QED) is 0.759. The van der Waals surface area contributed by atoms with Gasteiger partial charge in [0.25, 0.3) is 0 Å². The Labute approximate surface area is 86.9 Å². The van der Waals surface area contributed by atoms with Crippen molar-refractivity contribution in [3.63, 3.8) is 0 Å². The first-order valence-electron chi connectivity index (χ1n) is 4.25. The number of carbonyl (C=O) groups is 1. The van der Waals surface area contributed by atoms with Crippen LogP contribution in [0, 0.1) is 0 Å². The second-order valence-corrected chi connectivity index (χ2v) is 3.97. The van der Waals surface area contributed by atoms with Crippen molar-refractivity contribution in [3.05, 3.63) is 24.3 Å². The number of benzene rings is 1. The molecule has 0 saturated carbocycles. The number of nitrogens with one attached hydrogen (secondary N) is 1. The lowest BCUT2D eigenvalue weighted by molar-refractivity contribution is -0.137. The van der Waals surface area contributed by atoms with E-state index in [2.05, 4.69) is 5.32 Å². The minimum absolute atomic E-state index is 0.0978. The van der Waals surface area contributed by atoms with E-state index in [-0.39, 0.29) is 5.30 Å². The summed E-state index contributed by atoms with van der Waals surface area (Å²) < 4.78 is 21.6. The highest BCUT2D eigenvalue weighted by atomic mass is 31.1. The maximum atomic E-state index is 10.8. The SMILES string of the molecule is CC(Nc1ccccc1P(=O)=O)C(=O)O. The van der Waals surface area contributed by atoms with Crippen LogP contribution in [0.25, 0.3) is 0 Å². The molecule has 1 aromatic carbocycles. The second kappa shape index (κ2) is 4.75. The number of rotatable bonds is 4. The normalized spacial score (nSPS) is 11.8.